The van der Waals surface area contributed by atoms with Crippen molar-refractivity contribution in [1.82, 2.24) is 0 Å². The second-order valence-corrected chi connectivity index (χ2v) is 4.98. The number of methoxy groups -OCH3 is 1. The molecular weight excluding hydrogens is 258 g/mol. The number of hydrogen-bond acceptors (Lipinski definition) is 5. The minimum Gasteiger partial charge on any atom is -0.467 e. The second-order valence-electron chi connectivity index (χ2n) is 4.98. The van der Waals surface area contributed by atoms with Crippen molar-refractivity contribution in [3.05, 3.63) is 35.9 Å². The first-order chi connectivity index (χ1) is 9.66. The fraction of sp³-hybridized carbons (Fsp3) is 0.533. The van der Waals surface area contributed by atoms with Crippen molar-refractivity contribution in [2.24, 2.45) is 5.73 Å². The van der Waals surface area contributed by atoms with Crippen LogP contribution in [0.2, 0.25) is 0 Å². The number of rotatable bonds is 6. The van der Waals surface area contributed by atoms with E-state index in [-0.39, 0.29) is 12.7 Å². The van der Waals surface area contributed by atoms with E-state index in [4.69, 9.17) is 19.9 Å². The van der Waals surface area contributed by atoms with Gasteiger partial charge in [0.05, 0.1) is 26.4 Å². The molecule has 0 spiro atoms. The smallest absolute Gasteiger partial charge is 0.332 e. The van der Waals surface area contributed by atoms with Gasteiger partial charge in [0.2, 0.25) is 0 Å². The highest BCUT2D eigenvalue weighted by Gasteiger charge is 2.38. The predicted octanol–water partition coefficient (Wildman–Crippen LogP) is 1.21. The fourth-order valence-corrected chi connectivity index (χ4v) is 2.30. The van der Waals surface area contributed by atoms with E-state index in [0.717, 1.165) is 19.4 Å². The number of carbonyl (C=O) groups is 1. The highest BCUT2D eigenvalue weighted by molar-refractivity contribution is 5.82. The second kappa shape index (κ2) is 6.83. The number of esters is 1. The van der Waals surface area contributed by atoms with Crippen LogP contribution in [0.3, 0.4) is 0 Å². The molecule has 2 atom stereocenters. The van der Waals surface area contributed by atoms with Crippen molar-refractivity contribution >= 4 is 5.97 Å². The molecule has 2 unspecified atom stereocenters. The molecule has 5 heteroatoms. The highest BCUT2D eigenvalue weighted by atomic mass is 16.5. The molecule has 1 aliphatic rings. The lowest BCUT2D eigenvalue weighted by Crippen LogP contribution is -2.50. The van der Waals surface area contributed by atoms with Gasteiger partial charge < -0.3 is 19.9 Å². The molecule has 1 aromatic rings. The molecule has 0 aromatic heterocycles. The van der Waals surface area contributed by atoms with E-state index in [1.54, 1.807) is 12.1 Å². The van der Waals surface area contributed by atoms with Gasteiger partial charge in [0, 0.05) is 6.61 Å². The van der Waals surface area contributed by atoms with E-state index in [1.807, 2.05) is 18.2 Å². The molecule has 20 heavy (non-hydrogen) atoms. The van der Waals surface area contributed by atoms with E-state index < -0.39 is 11.5 Å². The lowest BCUT2D eigenvalue weighted by Gasteiger charge is -2.27. The first-order valence-electron chi connectivity index (χ1n) is 6.79. The van der Waals surface area contributed by atoms with Gasteiger partial charge in [0.15, 0.2) is 5.54 Å². The molecule has 0 amide bonds. The fourth-order valence-electron chi connectivity index (χ4n) is 2.30. The summed E-state index contributed by atoms with van der Waals surface area (Å²) in [6.07, 6.45) is 2.14. The average molecular weight is 279 g/mol. The van der Waals surface area contributed by atoms with Crippen LogP contribution < -0.4 is 5.73 Å². The lowest BCUT2D eigenvalue weighted by molar-refractivity contribution is -0.150. The normalized spacial score (nSPS) is 21.4. The Morgan fingerprint density at radius 3 is 2.80 bits per heavy atom. The van der Waals surface area contributed by atoms with E-state index in [1.165, 1.54) is 7.11 Å². The first-order valence-corrected chi connectivity index (χ1v) is 6.79. The molecule has 0 bridgehead atoms. The van der Waals surface area contributed by atoms with E-state index in [2.05, 4.69) is 0 Å². The molecule has 0 radical (unpaired) electrons. The van der Waals surface area contributed by atoms with Gasteiger partial charge in [0.1, 0.15) is 0 Å². The van der Waals surface area contributed by atoms with Gasteiger partial charge in [0.25, 0.3) is 0 Å². The summed E-state index contributed by atoms with van der Waals surface area (Å²) in [5.41, 5.74) is 5.61. The van der Waals surface area contributed by atoms with Gasteiger partial charge in [-0.25, -0.2) is 4.79 Å². The van der Waals surface area contributed by atoms with Crippen LogP contribution in [0, 0.1) is 0 Å². The molecule has 0 aliphatic carbocycles. The number of carbonyl (C=O) groups excluding carboxylic acids is 1. The van der Waals surface area contributed by atoms with Crippen LogP contribution in [0.15, 0.2) is 30.3 Å². The van der Waals surface area contributed by atoms with Gasteiger partial charge in [-0.2, -0.15) is 0 Å². The summed E-state index contributed by atoms with van der Waals surface area (Å²) in [6, 6.07) is 9.13. The Hall–Kier alpha value is -1.43. The van der Waals surface area contributed by atoms with Crippen molar-refractivity contribution in [2.45, 2.75) is 24.5 Å². The van der Waals surface area contributed by atoms with Crippen molar-refractivity contribution in [3.8, 4) is 0 Å². The quantitative estimate of drug-likeness (QED) is 0.793. The molecule has 110 valence electrons. The standard InChI is InChI=1S/C15H21NO4/c1-18-14(17)15(16,12-6-3-2-4-7-12)11-19-10-13-8-5-9-20-13/h2-4,6-7,13H,5,8-11,16H2,1H3. The Balaban J connectivity index is 2.01. The van der Waals surface area contributed by atoms with E-state index in [9.17, 15) is 4.79 Å². The van der Waals surface area contributed by atoms with Crippen LogP contribution in [-0.2, 0) is 24.5 Å². The molecule has 0 saturated carbocycles. The van der Waals surface area contributed by atoms with Crippen molar-refractivity contribution in [1.29, 1.82) is 0 Å². The lowest BCUT2D eigenvalue weighted by atomic mass is 9.92. The maximum absolute atomic E-state index is 12.0. The summed E-state index contributed by atoms with van der Waals surface area (Å²) < 4.78 is 15.9. The van der Waals surface area contributed by atoms with Crippen LogP contribution in [0.25, 0.3) is 0 Å². The number of ether oxygens (including phenoxy) is 3. The van der Waals surface area contributed by atoms with Crippen molar-refractivity contribution in [3.63, 3.8) is 0 Å². The summed E-state index contributed by atoms with van der Waals surface area (Å²) in [7, 11) is 1.33. The summed E-state index contributed by atoms with van der Waals surface area (Å²) in [4.78, 5) is 12.0. The summed E-state index contributed by atoms with van der Waals surface area (Å²) in [5.74, 6) is -0.504. The monoisotopic (exact) mass is 279 g/mol. The molecule has 5 nitrogen and oxygen atoms in total. The van der Waals surface area contributed by atoms with Crippen LogP contribution in [-0.4, -0.2) is 39.0 Å². The van der Waals surface area contributed by atoms with Crippen LogP contribution in [0.1, 0.15) is 18.4 Å². The number of benzene rings is 1. The third-order valence-corrected chi connectivity index (χ3v) is 3.50. The Bertz CT molecular complexity index is 431. The van der Waals surface area contributed by atoms with Gasteiger partial charge in [-0.15, -0.1) is 0 Å². The Labute approximate surface area is 119 Å². The maximum atomic E-state index is 12.0. The molecule has 1 heterocycles. The molecular formula is C15H21NO4. The predicted molar refractivity (Wildman–Crippen MR) is 74.1 cm³/mol. The summed E-state index contributed by atoms with van der Waals surface area (Å²) >= 11 is 0. The topological polar surface area (TPSA) is 70.8 Å². The van der Waals surface area contributed by atoms with Crippen LogP contribution in [0.5, 0.6) is 0 Å². The molecule has 1 aliphatic heterocycles. The molecule has 1 fully saturated rings. The van der Waals surface area contributed by atoms with Crippen molar-refractivity contribution in [2.75, 3.05) is 26.9 Å². The summed E-state index contributed by atoms with van der Waals surface area (Å²) in [6.45, 7) is 1.30. The van der Waals surface area contributed by atoms with Crippen molar-refractivity contribution < 1.29 is 19.0 Å². The highest BCUT2D eigenvalue weighted by Crippen LogP contribution is 2.21. The Morgan fingerprint density at radius 2 is 2.20 bits per heavy atom. The zero-order valence-electron chi connectivity index (χ0n) is 11.7. The first kappa shape index (κ1) is 15.0. The number of hydrogen-bond donors (Lipinski definition) is 1. The SMILES string of the molecule is COC(=O)C(N)(COCC1CCCO1)c1ccccc1. The van der Waals surface area contributed by atoms with Crippen LogP contribution >= 0.6 is 0 Å². The molecule has 1 saturated heterocycles. The zero-order chi connectivity index (χ0) is 14.4. The van der Waals surface area contributed by atoms with E-state index in [0.29, 0.717) is 12.2 Å². The van der Waals surface area contributed by atoms with Gasteiger partial charge in [-0.1, -0.05) is 30.3 Å². The maximum Gasteiger partial charge on any atom is 0.332 e. The Kier molecular flexibility index (Phi) is 5.11. The largest absolute Gasteiger partial charge is 0.467 e. The Morgan fingerprint density at radius 1 is 1.45 bits per heavy atom. The number of nitrogens with two attached hydrogens (primary N) is 1. The minimum absolute atomic E-state index is 0.0730. The third-order valence-electron chi connectivity index (χ3n) is 3.50. The van der Waals surface area contributed by atoms with Crippen LogP contribution in [0.4, 0.5) is 0 Å². The molecule has 2 N–H and O–H groups in total. The molecule has 2 rings (SSSR count). The third kappa shape index (κ3) is 3.36. The van der Waals surface area contributed by atoms with Gasteiger partial charge in [-0.05, 0) is 18.4 Å². The van der Waals surface area contributed by atoms with Gasteiger partial charge >= 0.3 is 5.97 Å². The van der Waals surface area contributed by atoms with E-state index >= 15 is 0 Å². The summed E-state index contributed by atoms with van der Waals surface area (Å²) in [5, 5.41) is 0. The molecule has 1 aromatic carbocycles. The zero-order valence-corrected chi connectivity index (χ0v) is 11.7. The van der Waals surface area contributed by atoms with Gasteiger partial charge in [-0.3, -0.25) is 0 Å². The average Bonchev–Trinajstić information content (AvgIpc) is 3.00. The minimum atomic E-state index is -1.28.